The summed E-state index contributed by atoms with van der Waals surface area (Å²) in [5.41, 5.74) is 0. The van der Waals surface area contributed by atoms with E-state index in [2.05, 4.69) is 15.8 Å². The van der Waals surface area contributed by atoms with Gasteiger partial charge in [0.15, 0.2) is 0 Å². The van der Waals surface area contributed by atoms with Gasteiger partial charge in [0.2, 0.25) is 0 Å². The van der Waals surface area contributed by atoms with Crippen LogP contribution in [0, 0.1) is 0 Å². The first-order valence-electron chi connectivity index (χ1n) is 4.76. The Hall–Kier alpha value is -0.130. The van der Waals surface area contributed by atoms with E-state index in [-0.39, 0.29) is 6.61 Å². The van der Waals surface area contributed by atoms with Gasteiger partial charge in [-0.05, 0) is 12.8 Å². The predicted molar refractivity (Wildman–Crippen MR) is 52.7 cm³/mol. The van der Waals surface area contributed by atoms with Crippen molar-refractivity contribution in [3.8, 4) is 0 Å². The Morgan fingerprint density at radius 1 is 1.15 bits per heavy atom. The first kappa shape index (κ1) is 12.9. The molecule has 0 heterocycles. The molecule has 4 nitrogen and oxygen atoms in total. The van der Waals surface area contributed by atoms with Crippen LogP contribution >= 0.6 is 0 Å². The van der Waals surface area contributed by atoms with Crippen molar-refractivity contribution in [2.45, 2.75) is 39.5 Å². The lowest BCUT2D eigenvalue weighted by Gasteiger charge is -2.05. The largest absolute Gasteiger partial charge is 0.335 e. The van der Waals surface area contributed by atoms with Crippen molar-refractivity contribution in [2.24, 2.45) is 0 Å². The molecule has 0 spiro atoms. The van der Waals surface area contributed by atoms with Gasteiger partial charge in [-0.15, -0.1) is 0 Å². The topological polar surface area (TPSA) is 55.4 Å². The summed E-state index contributed by atoms with van der Waals surface area (Å²) in [7, 11) is -3.47. The Morgan fingerprint density at radius 2 is 1.85 bits per heavy atom. The Bertz CT molecular complexity index is 201. The third-order valence-corrected chi connectivity index (χ3v) is 2.54. The zero-order valence-electron chi connectivity index (χ0n) is 8.38. The summed E-state index contributed by atoms with van der Waals surface area (Å²) in [5, 5.41) is 0. The zero-order chi connectivity index (χ0) is 10.2. The van der Waals surface area contributed by atoms with Crippen molar-refractivity contribution >= 4 is 10.3 Å². The summed E-state index contributed by atoms with van der Waals surface area (Å²) in [4.78, 5) is 0. The second-order valence-corrected chi connectivity index (χ2v) is 4.31. The number of unbranched alkanes of at least 4 members (excludes halogenated alkanes) is 2. The van der Waals surface area contributed by atoms with Crippen LogP contribution in [0.15, 0.2) is 0 Å². The third-order valence-electron chi connectivity index (χ3n) is 1.50. The summed E-state index contributed by atoms with van der Waals surface area (Å²) in [5.74, 6) is 0. The highest BCUT2D eigenvalue weighted by Gasteiger charge is 2.07. The van der Waals surface area contributed by atoms with Crippen molar-refractivity contribution in [1.29, 1.82) is 0 Å². The lowest BCUT2D eigenvalue weighted by Crippen LogP contribution is -2.27. The molecule has 0 aromatic carbocycles. The Labute approximate surface area is 80.9 Å². The van der Waals surface area contributed by atoms with Gasteiger partial charge in [0, 0.05) is 6.54 Å². The van der Waals surface area contributed by atoms with Gasteiger partial charge in [0.25, 0.3) is 0 Å². The molecule has 0 aliphatic heterocycles. The minimum absolute atomic E-state index is 0.253. The molecule has 13 heavy (non-hydrogen) atoms. The van der Waals surface area contributed by atoms with Crippen molar-refractivity contribution < 1.29 is 12.6 Å². The number of hydrogen-bond donors (Lipinski definition) is 1. The van der Waals surface area contributed by atoms with Crippen LogP contribution in [0.3, 0.4) is 0 Å². The van der Waals surface area contributed by atoms with Crippen LogP contribution in [0.2, 0.25) is 0 Å². The molecule has 0 aromatic heterocycles. The minimum atomic E-state index is -3.47. The van der Waals surface area contributed by atoms with Crippen molar-refractivity contribution in [3.63, 3.8) is 0 Å². The maximum absolute atomic E-state index is 11.0. The fourth-order valence-electron chi connectivity index (χ4n) is 0.807. The lowest BCUT2D eigenvalue weighted by atomic mass is 10.3. The van der Waals surface area contributed by atoms with E-state index in [1.54, 1.807) is 0 Å². The zero-order valence-corrected chi connectivity index (χ0v) is 9.19. The molecule has 0 bridgehead atoms. The second kappa shape index (κ2) is 7.29. The standard InChI is InChI=1S/C8H19NO3S/c1-3-5-6-7-9-13(10,11)12-8-4-2/h9H,3-8H2,1-2H3. The third kappa shape index (κ3) is 8.21. The fourth-order valence-corrected chi connectivity index (χ4v) is 1.67. The van der Waals surface area contributed by atoms with Gasteiger partial charge in [-0.2, -0.15) is 13.1 Å². The highest BCUT2D eigenvalue weighted by molar-refractivity contribution is 7.84. The molecule has 0 saturated heterocycles. The highest BCUT2D eigenvalue weighted by Crippen LogP contribution is 1.94. The molecule has 0 unspecified atom stereocenters. The molecule has 0 atom stereocenters. The second-order valence-electron chi connectivity index (χ2n) is 2.88. The quantitative estimate of drug-likeness (QED) is 0.615. The van der Waals surface area contributed by atoms with Crippen molar-refractivity contribution in [1.82, 2.24) is 4.72 Å². The Morgan fingerprint density at radius 3 is 2.38 bits per heavy atom. The Balaban J connectivity index is 3.52. The van der Waals surface area contributed by atoms with E-state index >= 15 is 0 Å². The van der Waals surface area contributed by atoms with Crippen LogP contribution < -0.4 is 4.72 Å². The SMILES string of the molecule is CCCCCNS(=O)(=O)OCCC. The summed E-state index contributed by atoms with van der Waals surface area (Å²) in [6, 6.07) is 0. The average molecular weight is 209 g/mol. The van der Waals surface area contributed by atoms with E-state index in [1.165, 1.54) is 0 Å². The molecule has 0 aromatic rings. The van der Waals surface area contributed by atoms with Gasteiger partial charge in [-0.1, -0.05) is 26.7 Å². The van der Waals surface area contributed by atoms with Crippen LogP contribution in [-0.2, 0) is 14.5 Å². The van der Waals surface area contributed by atoms with Crippen LogP contribution in [0.25, 0.3) is 0 Å². The molecular weight excluding hydrogens is 190 g/mol. The maximum Gasteiger partial charge on any atom is 0.335 e. The molecular formula is C8H19NO3S. The molecule has 5 heteroatoms. The molecule has 0 rings (SSSR count). The average Bonchev–Trinajstić information content (AvgIpc) is 2.09. The first-order chi connectivity index (χ1) is 6.12. The lowest BCUT2D eigenvalue weighted by molar-refractivity contribution is 0.310. The van der Waals surface area contributed by atoms with E-state index in [9.17, 15) is 8.42 Å². The van der Waals surface area contributed by atoms with Crippen LogP contribution in [0.4, 0.5) is 0 Å². The molecule has 80 valence electrons. The normalized spacial score (nSPS) is 11.8. The molecule has 0 aliphatic rings. The van der Waals surface area contributed by atoms with Gasteiger partial charge >= 0.3 is 10.3 Å². The van der Waals surface area contributed by atoms with Gasteiger partial charge in [0.1, 0.15) is 0 Å². The molecule has 0 amide bonds. The van der Waals surface area contributed by atoms with Crippen molar-refractivity contribution in [3.05, 3.63) is 0 Å². The molecule has 0 radical (unpaired) electrons. The predicted octanol–water partition coefficient (Wildman–Crippen LogP) is 1.44. The fraction of sp³-hybridized carbons (Fsp3) is 1.00. The summed E-state index contributed by atoms with van der Waals surface area (Å²) >= 11 is 0. The molecule has 0 aliphatic carbocycles. The molecule has 0 saturated carbocycles. The minimum Gasteiger partial charge on any atom is -0.258 e. The number of hydrogen-bond acceptors (Lipinski definition) is 3. The molecule has 1 N–H and O–H groups in total. The summed E-state index contributed by atoms with van der Waals surface area (Å²) < 4.78 is 29.0. The Kier molecular flexibility index (Phi) is 7.22. The monoisotopic (exact) mass is 209 g/mol. The van der Waals surface area contributed by atoms with Crippen LogP contribution in [0.5, 0.6) is 0 Å². The van der Waals surface area contributed by atoms with Gasteiger partial charge in [-0.3, -0.25) is 4.18 Å². The molecule has 0 fully saturated rings. The van der Waals surface area contributed by atoms with E-state index < -0.39 is 10.3 Å². The summed E-state index contributed by atoms with van der Waals surface area (Å²) in [6.07, 6.45) is 3.69. The van der Waals surface area contributed by atoms with Gasteiger partial charge in [-0.25, -0.2) is 0 Å². The van der Waals surface area contributed by atoms with Gasteiger partial charge < -0.3 is 0 Å². The van der Waals surface area contributed by atoms with E-state index in [0.717, 1.165) is 19.3 Å². The maximum atomic E-state index is 11.0. The van der Waals surface area contributed by atoms with Crippen LogP contribution in [-0.4, -0.2) is 21.6 Å². The highest BCUT2D eigenvalue weighted by atomic mass is 32.2. The number of nitrogens with one attached hydrogen (secondary N) is 1. The smallest absolute Gasteiger partial charge is 0.258 e. The van der Waals surface area contributed by atoms with E-state index in [4.69, 9.17) is 0 Å². The summed E-state index contributed by atoms with van der Waals surface area (Å²) in [6.45, 7) is 4.66. The first-order valence-corrected chi connectivity index (χ1v) is 6.17. The van der Waals surface area contributed by atoms with Crippen LogP contribution in [0.1, 0.15) is 39.5 Å². The van der Waals surface area contributed by atoms with E-state index in [0.29, 0.717) is 13.0 Å². The van der Waals surface area contributed by atoms with E-state index in [1.807, 2.05) is 6.92 Å². The van der Waals surface area contributed by atoms with Gasteiger partial charge in [0.05, 0.1) is 6.61 Å². The number of rotatable bonds is 8. The van der Waals surface area contributed by atoms with Crippen molar-refractivity contribution in [2.75, 3.05) is 13.2 Å².